The molecule has 5 nitrogen and oxygen atoms in total. The summed E-state index contributed by atoms with van der Waals surface area (Å²) in [5.41, 5.74) is 2.66. The van der Waals surface area contributed by atoms with Crippen LogP contribution in [0.1, 0.15) is 22.9 Å². The Morgan fingerprint density at radius 1 is 1.25 bits per heavy atom. The van der Waals surface area contributed by atoms with E-state index >= 15 is 0 Å². The van der Waals surface area contributed by atoms with Gasteiger partial charge < -0.3 is 4.74 Å². The zero-order chi connectivity index (χ0) is 14.7. The van der Waals surface area contributed by atoms with Gasteiger partial charge in [0.15, 0.2) is 0 Å². The van der Waals surface area contributed by atoms with Crippen molar-refractivity contribution in [2.24, 2.45) is 5.84 Å². The van der Waals surface area contributed by atoms with Gasteiger partial charge in [0, 0.05) is 18.0 Å². The summed E-state index contributed by atoms with van der Waals surface area (Å²) < 4.78 is 33.2. The quantitative estimate of drug-likeness (QED) is 0.657. The smallest absolute Gasteiger partial charge is 0.237 e. The number of hydrazine groups is 1. The van der Waals surface area contributed by atoms with Crippen LogP contribution in [0.3, 0.4) is 0 Å². The standard InChI is InChI=1S/C13H14F2N4O/c1-7-3-4-8(14)9(10(7)15)11(19-16)12-13(20-2)18-6-5-17-12/h3-6,11,19H,16H2,1-2H3. The number of nitrogens with two attached hydrogens (primary N) is 1. The van der Waals surface area contributed by atoms with E-state index in [0.29, 0.717) is 5.56 Å². The summed E-state index contributed by atoms with van der Waals surface area (Å²) in [5, 5.41) is 0. The fourth-order valence-electron chi connectivity index (χ4n) is 1.93. The number of hydrogen-bond acceptors (Lipinski definition) is 5. The lowest BCUT2D eigenvalue weighted by atomic mass is 10.0. The minimum atomic E-state index is -1.00. The number of halogens is 2. The molecule has 0 amide bonds. The number of hydrogen-bond donors (Lipinski definition) is 2. The monoisotopic (exact) mass is 280 g/mol. The maximum Gasteiger partial charge on any atom is 0.237 e. The second-order valence-electron chi connectivity index (χ2n) is 4.14. The van der Waals surface area contributed by atoms with Crippen molar-refractivity contribution in [3.05, 3.63) is 53.0 Å². The van der Waals surface area contributed by atoms with E-state index in [1.165, 1.54) is 31.6 Å². The van der Waals surface area contributed by atoms with E-state index in [0.717, 1.165) is 0 Å². The van der Waals surface area contributed by atoms with Gasteiger partial charge in [0.2, 0.25) is 5.88 Å². The molecule has 0 saturated carbocycles. The molecule has 0 saturated heterocycles. The lowest BCUT2D eigenvalue weighted by Crippen LogP contribution is -2.31. The van der Waals surface area contributed by atoms with Crippen LogP contribution in [0.25, 0.3) is 0 Å². The first-order chi connectivity index (χ1) is 9.60. The normalized spacial score (nSPS) is 12.2. The molecule has 2 rings (SSSR count). The van der Waals surface area contributed by atoms with Crippen molar-refractivity contribution in [2.45, 2.75) is 13.0 Å². The Morgan fingerprint density at radius 3 is 2.60 bits per heavy atom. The average Bonchev–Trinajstić information content (AvgIpc) is 2.47. The third kappa shape index (κ3) is 2.45. The molecule has 0 radical (unpaired) electrons. The number of rotatable bonds is 4. The highest BCUT2D eigenvalue weighted by Gasteiger charge is 2.26. The van der Waals surface area contributed by atoms with Crippen LogP contribution in [0, 0.1) is 18.6 Å². The topological polar surface area (TPSA) is 73.1 Å². The van der Waals surface area contributed by atoms with Gasteiger partial charge in [-0.05, 0) is 18.6 Å². The molecule has 1 atom stereocenters. The average molecular weight is 280 g/mol. The molecule has 0 aliphatic carbocycles. The molecule has 1 aromatic heterocycles. The van der Waals surface area contributed by atoms with Gasteiger partial charge in [0.1, 0.15) is 17.3 Å². The molecule has 2 aromatic rings. The van der Waals surface area contributed by atoms with Crippen LogP contribution in [-0.4, -0.2) is 17.1 Å². The summed E-state index contributed by atoms with van der Waals surface area (Å²) in [7, 11) is 1.39. The van der Waals surface area contributed by atoms with Gasteiger partial charge in [0.25, 0.3) is 0 Å². The van der Waals surface area contributed by atoms with Crippen LogP contribution < -0.4 is 16.0 Å². The van der Waals surface area contributed by atoms with Crippen molar-refractivity contribution in [2.75, 3.05) is 7.11 Å². The fraction of sp³-hybridized carbons (Fsp3) is 0.231. The number of nitrogens with zero attached hydrogens (tertiary/aromatic N) is 2. The molecule has 3 N–H and O–H groups in total. The lowest BCUT2D eigenvalue weighted by molar-refractivity contribution is 0.380. The van der Waals surface area contributed by atoms with E-state index in [1.54, 1.807) is 6.92 Å². The van der Waals surface area contributed by atoms with Crippen LogP contribution >= 0.6 is 0 Å². The first-order valence-electron chi connectivity index (χ1n) is 5.85. The minimum Gasteiger partial charge on any atom is -0.480 e. The highest BCUT2D eigenvalue weighted by atomic mass is 19.1. The van der Waals surface area contributed by atoms with Gasteiger partial charge in [-0.25, -0.2) is 19.2 Å². The highest BCUT2D eigenvalue weighted by molar-refractivity contribution is 5.37. The highest BCUT2D eigenvalue weighted by Crippen LogP contribution is 2.30. The molecule has 0 aliphatic rings. The molecule has 1 heterocycles. The van der Waals surface area contributed by atoms with Gasteiger partial charge in [-0.3, -0.25) is 10.8 Å². The van der Waals surface area contributed by atoms with Crippen molar-refractivity contribution >= 4 is 0 Å². The lowest BCUT2D eigenvalue weighted by Gasteiger charge is -2.19. The molecular formula is C13H14F2N4O. The first kappa shape index (κ1) is 14.3. The molecule has 1 aromatic carbocycles. The summed E-state index contributed by atoms with van der Waals surface area (Å²) in [6.45, 7) is 1.54. The van der Waals surface area contributed by atoms with Crippen LogP contribution in [0.4, 0.5) is 8.78 Å². The van der Waals surface area contributed by atoms with Crippen LogP contribution in [0.5, 0.6) is 5.88 Å². The number of ether oxygens (including phenoxy) is 1. The van der Waals surface area contributed by atoms with E-state index in [4.69, 9.17) is 10.6 Å². The minimum absolute atomic E-state index is 0.149. The number of aryl methyl sites for hydroxylation is 1. The Bertz CT molecular complexity index is 621. The van der Waals surface area contributed by atoms with Crippen molar-refractivity contribution < 1.29 is 13.5 Å². The van der Waals surface area contributed by atoms with Gasteiger partial charge >= 0.3 is 0 Å². The van der Waals surface area contributed by atoms with Crippen LogP contribution in [-0.2, 0) is 0 Å². The van der Waals surface area contributed by atoms with Crippen molar-refractivity contribution in [3.8, 4) is 5.88 Å². The molecule has 7 heteroatoms. The predicted octanol–water partition coefficient (Wildman–Crippen LogP) is 1.62. The van der Waals surface area contributed by atoms with Crippen molar-refractivity contribution in [1.82, 2.24) is 15.4 Å². The Balaban J connectivity index is 2.62. The molecule has 0 aliphatic heterocycles. The fourth-order valence-corrected chi connectivity index (χ4v) is 1.93. The Labute approximate surface area is 114 Å². The zero-order valence-corrected chi connectivity index (χ0v) is 11.0. The van der Waals surface area contributed by atoms with Gasteiger partial charge in [-0.1, -0.05) is 6.07 Å². The van der Waals surface area contributed by atoms with Gasteiger partial charge in [0.05, 0.1) is 13.2 Å². The summed E-state index contributed by atoms with van der Waals surface area (Å²) in [4.78, 5) is 7.99. The molecule has 0 spiro atoms. The third-order valence-electron chi connectivity index (χ3n) is 2.93. The van der Waals surface area contributed by atoms with E-state index in [9.17, 15) is 8.78 Å². The Morgan fingerprint density at radius 2 is 1.95 bits per heavy atom. The van der Waals surface area contributed by atoms with Crippen molar-refractivity contribution in [3.63, 3.8) is 0 Å². The molecule has 1 unspecified atom stereocenters. The maximum atomic E-state index is 14.2. The summed E-state index contributed by atoms with van der Waals surface area (Å²) in [6, 6.07) is 1.54. The van der Waals surface area contributed by atoms with E-state index in [1.807, 2.05) is 0 Å². The predicted molar refractivity (Wildman–Crippen MR) is 68.8 cm³/mol. The second-order valence-corrected chi connectivity index (χ2v) is 4.14. The number of aromatic nitrogens is 2. The van der Waals surface area contributed by atoms with Gasteiger partial charge in [-0.15, -0.1) is 0 Å². The maximum absolute atomic E-state index is 14.2. The summed E-state index contributed by atoms with van der Waals surface area (Å²) >= 11 is 0. The molecule has 0 fully saturated rings. The Hall–Kier alpha value is -2.12. The van der Waals surface area contributed by atoms with E-state index < -0.39 is 17.7 Å². The molecule has 106 valence electrons. The number of nitrogens with one attached hydrogen (secondary N) is 1. The summed E-state index contributed by atoms with van der Waals surface area (Å²) in [6.07, 6.45) is 2.81. The SMILES string of the molecule is COc1nccnc1C(NN)c1c(F)ccc(C)c1F. The number of benzene rings is 1. The van der Waals surface area contributed by atoms with Crippen LogP contribution in [0.15, 0.2) is 24.5 Å². The number of methoxy groups -OCH3 is 1. The molecule has 0 bridgehead atoms. The second kappa shape index (κ2) is 5.89. The molecule has 20 heavy (non-hydrogen) atoms. The first-order valence-corrected chi connectivity index (χ1v) is 5.85. The van der Waals surface area contributed by atoms with E-state index in [2.05, 4.69) is 15.4 Å². The summed E-state index contributed by atoms with van der Waals surface area (Å²) in [5.74, 6) is 4.19. The zero-order valence-electron chi connectivity index (χ0n) is 11.0. The van der Waals surface area contributed by atoms with E-state index in [-0.39, 0.29) is 17.1 Å². The molecular weight excluding hydrogens is 266 g/mol. The Kier molecular flexibility index (Phi) is 4.21. The van der Waals surface area contributed by atoms with Crippen molar-refractivity contribution in [1.29, 1.82) is 0 Å². The third-order valence-corrected chi connectivity index (χ3v) is 2.93. The van der Waals surface area contributed by atoms with Gasteiger partial charge in [-0.2, -0.15) is 0 Å². The van der Waals surface area contributed by atoms with Crippen LogP contribution in [0.2, 0.25) is 0 Å². The largest absolute Gasteiger partial charge is 0.480 e.